The molecule has 6 heteroatoms. The molecule has 0 bridgehead atoms. The molecule has 3 rings (SSSR count). The number of fused-ring (bicyclic) bond motifs is 1. The molecule has 3 fully saturated rings. The summed E-state index contributed by atoms with van der Waals surface area (Å²) < 4.78 is -0.484. The highest BCUT2D eigenvalue weighted by Crippen LogP contribution is 2.57. The molecule has 0 aromatic carbocycles. The van der Waals surface area contributed by atoms with E-state index in [2.05, 4.69) is 0 Å². The van der Waals surface area contributed by atoms with Crippen molar-refractivity contribution in [3.63, 3.8) is 0 Å². The van der Waals surface area contributed by atoms with Crippen molar-refractivity contribution < 1.29 is 14.7 Å². The SMILES string of the molecule is CC1(C)S[C@H]2N(C(=O)[C@@]2(N)C2CCCCC2)[C@H]1C(=O)O. The van der Waals surface area contributed by atoms with Crippen molar-refractivity contribution in [3.05, 3.63) is 0 Å². The Bertz CT molecular complexity index is 461. The molecule has 1 saturated carbocycles. The van der Waals surface area contributed by atoms with Crippen molar-refractivity contribution in [2.75, 3.05) is 0 Å². The van der Waals surface area contributed by atoms with Gasteiger partial charge in [-0.05, 0) is 32.6 Å². The summed E-state index contributed by atoms with van der Waals surface area (Å²) in [7, 11) is 0. The fraction of sp³-hybridized carbons (Fsp3) is 0.857. The van der Waals surface area contributed by atoms with Gasteiger partial charge < -0.3 is 15.7 Å². The topological polar surface area (TPSA) is 83.6 Å². The minimum atomic E-state index is -0.927. The number of carboxylic acid groups (broad SMARTS) is 1. The van der Waals surface area contributed by atoms with Gasteiger partial charge in [0.15, 0.2) is 0 Å². The molecule has 2 aliphatic heterocycles. The van der Waals surface area contributed by atoms with Crippen LogP contribution in [0.5, 0.6) is 0 Å². The van der Waals surface area contributed by atoms with Gasteiger partial charge in [0.2, 0.25) is 5.91 Å². The Morgan fingerprint density at radius 1 is 1.35 bits per heavy atom. The van der Waals surface area contributed by atoms with E-state index >= 15 is 0 Å². The maximum atomic E-state index is 12.6. The Morgan fingerprint density at radius 2 is 1.95 bits per heavy atom. The normalized spacial score (nSPS) is 40.4. The largest absolute Gasteiger partial charge is 0.480 e. The first-order valence-electron chi connectivity index (χ1n) is 7.32. The number of thioether (sulfide) groups is 1. The van der Waals surface area contributed by atoms with Crippen molar-refractivity contribution >= 4 is 23.6 Å². The maximum Gasteiger partial charge on any atom is 0.327 e. The van der Waals surface area contributed by atoms with Gasteiger partial charge in [-0.2, -0.15) is 0 Å². The molecule has 3 aliphatic rings. The van der Waals surface area contributed by atoms with E-state index in [4.69, 9.17) is 5.73 Å². The molecule has 3 atom stereocenters. The monoisotopic (exact) mass is 298 g/mol. The van der Waals surface area contributed by atoms with Crippen LogP contribution < -0.4 is 5.73 Å². The zero-order valence-electron chi connectivity index (χ0n) is 12.0. The standard InChI is InChI=1S/C14H22N2O3S/c1-13(2)9(10(17)18)16-11(19)14(15,12(16)20-13)8-6-4-3-5-7-8/h8-9,12H,3-7,15H2,1-2H3,(H,17,18)/t9-,12+,14-/m0/s1. The van der Waals surface area contributed by atoms with E-state index < -0.39 is 22.3 Å². The Kier molecular flexibility index (Phi) is 3.10. The van der Waals surface area contributed by atoms with Gasteiger partial charge in [-0.3, -0.25) is 4.79 Å². The van der Waals surface area contributed by atoms with Crippen LogP contribution in [0.15, 0.2) is 0 Å². The molecule has 20 heavy (non-hydrogen) atoms. The zero-order valence-corrected chi connectivity index (χ0v) is 12.8. The summed E-state index contributed by atoms with van der Waals surface area (Å²) in [6.45, 7) is 3.78. The smallest absolute Gasteiger partial charge is 0.327 e. The van der Waals surface area contributed by atoms with E-state index in [1.54, 1.807) is 11.8 Å². The van der Waals surface area contributed by atoms with Crippen LogP contribution in [-0.2, 0) is 9.59 Å². The molecule has 2 heterocycles. The predicted octanol–water partition coefficient (Wildman–Crippen LogP) is 1.41. The highest BCUT2D eigenvalue weighted by Gasteiger charge is 2.71. The lowest BCUT2D eigenvalue weighted by Gasteiger charge is -2.55. The highest BCUT2D eigenvalue weighted by molar-refractivity contribution is 8.01. The lowest BCUT2D eigenvalue weighted by molar-refractivity contribution is -0.169. The predicted molar refractivity (Wildman–Crippen MR) is 77.2 cm³/mol. The van der Waals surface area contributed by atoms with Gasteiger partial charge >= 0.3 is 5.97 Å². The van der Waals surface area contributed by atoms with Crippen LogP contribution in [0.25, 0.3) is 0 Å². The highest BCUT2D eigenvalue weighted by atomic mass is 32.2. The number of nitrogens with zero attached hydrogens (tertiary/aromatic N) is 1. The van der Waals surface area contributed by atoms with Crippen LogP contribution in [-0.4, -0.2) is 43.6 Å². The van der Waals surface area contributed by atoms with Crippen LogP contribution in [0.2, 0.25) is 0 Å². The van der Waals surface area contributed by atoms with Crippen molar-refractivity contribution in [1.29, 1.82) is 0 Å². The summed E-state index contributed by atoms with van der Waals surface area (Å²) in [6, 6.07) is -0.759. The second-order valence-electron chi connectivity index (χ2n) is 6.79. The average Bonchev–Trinajstić information content (AvgIpc) is 2.68. The van der Waals surface area contributed by atoms with E-state index in [9.17, 15) is 14.7 Å². The molecular formula is C14H22N2O3S. The first-order valence-corrected chi connectivity index (χ1v) is 8.20. The fourth-order valence-electron chi connectivity index (χ4n) is 4.07. The van der Waals surface area contributed by atoms with E-state index in [0.717, 1.165) is 25.7 Å². The number of rotatable bonds is 2. The third kappa shape index (κ3) is 1.67. The summed E-state index contributed by atoms with van der Waals surface area (Å²) >= 11 is 1.56. The zero-order chi connectivity index (χ0) is 14.7. The lowest BCUT2D eigenvalue weighted by Crippen LogP contribution is -2.80. The summed E-state index contributed by atoms with van der Waals surface area (Å²) in [4.78, 5) is 25.6. The van der Waals surface area contributed by atoms with Crippen LogP contribution in [0, 0.1) is 5.92 Å². The second-order valence-corrected chi connectivity index (χ2v) is 8.53. The third-order valence-corrected chi connectivity index (χ3v) is 6.80. The van der Waals surface area contributed by atoms with E-state index in [0.29, 0.717) is 0 Å². The molecule has 112 valence electrons. The summed E-state index contributed by atoms with van der Waals surface area (Å²) in [6.07, 6.45) is 5.45. The Morgan fingerprint density at radius 3 is 2.50 bits per heavy atom. The molecule has 0 aromatic heterocycles. The Labute approximate surface area is 123 Å². The molecule has 1 aliphatic carbocycles. The number of hydrogen-bond donors (Lipinski definition) is 2. The number of carboxylic acids is 1. The number of carbonyl (C=O) groups is 2. The molecule has 0 aromatic rings. The number of carbonyl (C=O) groups excluding carboxylic acids is 1. The van der Waals surface area contributed by atoms with Gasteiger partial charge in [0.25, 0.3) is 0 Å². The van der Waals surface area contributed by atoms with Gasteiger partial charge in [0.05, 0.1) is 0 Å². The Hall–Kier alpha value is -0.750. The number of aliphatic carboxylic acids is 1. The van der Waals surface area contributed by atoms with Crippen molar-refractivity contribution in [2.45, 2.75) is 67.7 Å². The van der Waals surface area contributed by atoms with Crippen molar-refractivity contribution in [3.8, 4) is 0 Å². The number of nitrogens with two attached hydrogens (primary N) is 1. The average molecular weight is 298 g/mol. The van der Waals surface area contributed by atoms with Gasteiger partial charge in [0.1, 0.15) is 17.0 Å². The molecule has 0 spiro atoms. The van der Waals surface area contributed by atoms with Crippen LogP contribution >= 0.6 is 11.8 Å². The van der Waals surface area contributed by atoms with E-state index in [1.807, 2.05) is 13.8 Å². The molecule has 2 saturated heterocycles. The molecule has 5 nitrogen and oxygen atoms in total. The molecule has 0 unspecified atom stereocenters. The second kappa shape index (κ2) is 4.37. The number of β-lactam (4-membered cyclic amide) rings is 1. The third-order valence-electron chi connectivity index (χ3n) is 5.13. The summed E-state index contributed by atoms with van der Waals surface area (Å²) in [5, 5.41) is 9.25. The van der Waals surface area contributed by atoms with Crippen LogP contribution in [0.3, 0.4) is 0 Å². The maximum absolute atomic E-state index is 12.6. The molecule has 0 radical (unpaired) electrons. The summed E-state index contributed by atoms with van der Waals surface area (Å²) in [5.74, 6) is -0.871. The quantitative estimate of drug-likeness (QED) is 0.753. The molecular weight excluding hydrogens is 276 g/mol. The first-order chi connectivity index (χ1) is 9.30. The number of hydrogen-bond acceptors (Lipinski definition) is 4. The van der Waals surface area contributed by atoms with Crippen molar-refractivity contribution in [1.82, 2.24) is 4.90 Å². The van der Waals surface area contributed by atoms with Gasteiger partial charge in [-0.1, -0.05) is 19.3 Å². The van der Waals surface area contributed by atoms with E-state index in [-0.39, 0.29) is 17.2 Å². The van der Waals surface area contributed by atoms with E-state index in [1.165, 1.54) is 11.3 Å². The molecule has 1 amide bonds. The van der Waals surface area contributed by atoms with Gasteiger partial charge in [-0.25, -0.2) is 4.79 Å². The van der Waals surface area contributed by atoms with Crippen LogP contribution in [0.4, 0.5) is 0 Å². The lowest BCUT2D eigenvalue weighted by atomic mass is 9.69. The molecule has 3 N–H and O–H groups in total. The Balaban J connectivity index is 1.89. The van der Waals surface area contributed by atoms with Gasteiger partial charge in [0, 0.05) is 4.75 Å². The van der Waals surface area contributed by atoms with Crippen LogP contribution in [0.1, 0.15) is 46.0 Å². The fourth-order valence-corrected chi connectivity index (χ4v) is 5.80. The minimum absolute atomic E-state index is 0.153. The van der Waals surface area contributed by atoms with Gasteiger partial charge in [-0.15, -0.1) is 11.8 Å². The first kappa shape index (κ1) is 14.2. The minimum Gasteiger partial charge on any atom is -0.480 e. The van der Waals surface area contributed by atoms with Crippen molar-refractivity contribution in [2.24, 2.45) is 11.7 Å². The number of amides is 1. The summed E-state index contributed by atoms with van der Waals surface area (Å²) in [5.41, 5.74) is 5.64.